The number of hydrogen-bond acceptors (Lipinski definition) is 10. The Hall–Kier alpha value is -2.65. The van der Waals surface area contributed by atoms with Gasteiger partial charge in [0.05, 0.1) is 12.2 Å². The quantitative estimate of drug-likeness (QED) is 0.186. The summed E-state index contributed by atoms with van der Waals surface area (Å²) >= 11 is 0. The van der Waals surface area contributed by atoms with Gasteiger partial charge in [0.1, 0.15) is 0 Å². The summed E-state index contributed by atoms with van der Waals surface area (Å²) in [5, 5.41) is 62.9. The van der Waals surface area contributed by atoms with Gasteiger partial charge in [0.15, 0.2) is 23.0 Å². The molecule has 0 amide bonds. The van der Waals surface area contributed by atoms with Crippen LogP contribution in [0.15, 0.2) is 36.4 Å². The molecule has 0 fully saturated rings. The van der Waals surface area contributed by atoms with Gasteiger partial charge in [0.2, 0.25) is 0 Å². The minimum atomic E-state index is -4.67. The fraction of sp³-hybridized carbons (Fsp3) is 0.500. The van der Waals surface area contributed by atoms with Crippen LogP contribution in [-0.2, 0) is 10.4 Å². The number of hydrogen-bond donors (Lipinski definition) is 10. The maximum absolute atomic E-state index is 9.84. The summed E-state index contributed by atoms with van der Waals surface area (Å²) in [7, 11) is -4.67. The number of phenolic OH excluding ortho intramolecular Hbond substituents is 4. The molecule has 0 spiro atoms. The van der Waals surface area contributed by atoms with Gasteiger partial charge < -0.3 is 41.3 Å². The molecule has 0 aromatic heterocycles. The lowest BCUT2D eigenvalue weighted by Crippen LogP contribution is -2.38. The van der Waals surface area contributed by atoms with Crippen LogP contribution in [0.2, 0.25) is 0 Å². The van der Waals surface area contributed by atoms with Crippen LogP contribution in [0, 0.1) is 0 Å². The number of rotatable bonds is 6. The van der Waals surface area contributed by atoms with E-state index in [1.807, 2.05) is 41.5 Å². The Morgan fingerprint density at radius 2 is 0.919 bits per heavy atom. The molecule has 12 nitrogen and oxygen atoms in total. The standard InChI is InChI=1S/2C12H19NO3.H2O4S/c2*1-12(2,3)13-7-11(16)8-4-5-9(14)10(15)6-8;1-5(2,3)4/h2*4-6,11,13-16H,7H2,1-3H3;(H2,1,2,3,4). The van der Waals surface area contributed by atoms with Crippen LogP contribution in [0.1, 0.15) is 64.9 Å². The summed E-state index contributed by atoms with van der Waals surface area (Å²) in [4.78, 5) is 0. The molecule has 0 aliphatic heterocycles. The predicted octanol–water partition coefficient (Wildman–Crippen LogP) is 2.39. The molecule has 0 aliphatic carbocycles. The third-order valence-corrected chi connectivity index (χ3v) is 4.42. The second-order valence-corrected chi connectivity index (χ2v) is 11.1. The second kappa shape index (κ2) is 14.3. The van der Waals surface area contributed by atoms with Crippen LogP contribution in [-0.4, -0.2) is 72.3 Å². The molecule has 10 N–H and O–H groups in total. The highest BCUT2D eigenvalue weighted by molar-refractivity contribution is 7.79. The first-order valence-electron chi connectivity index (χ1n) is 11.2. The van der Waals surface area contributed by atoms with Gasteiger partial charge in [-0.3, -0.25) is 9.11 Å². The lowest BCUT2D eigenvalue weighted by atomic mass is 10.1. The van der Waals surface area contributed by atoms with E-state index in [0.717, 1.165) is 0 Å². The van der Waals surface area contributed by atoms with Crippen molar-refractivity contribution >= 4 is 10.4 Å². The molecule has 0 heterocycles. The molecule has 2 aromatic rings. The van der Waals surface area contributed by atoms with Crippen LogP contribution in [0.5, 0.6) is 23.0 Å². The van der Waals surface area contributed by atoms with E-state index < -0.39 is 22.6 Å². The van der Waals surface area contributed by atoms with Crippen molar-refractivity contribution in [3.8, 4) is 23.0 Å². The molecular weight excluding hydrogens is 508 g/mol. The van der Waals surface area contributed by atoms with Crippen LogP contribution >= 0.6 is 0 Å². The topological polar surface area (TPSA) is 220 Å². The van der Waals surface area contributed by atoms with Crippen molar-refractivity contribution in [1.82, 2.24) is 10.6 Å². The number of aliphatic hydroxyl groups excluding tert-OH is 2. The Labute approximate surface area is 217 Å². The minimum Gasteiger partial charge on any atom is -0.504 e. The first-order valence-corrected chi connectivity index (χ1v) is 12.6. The highest BCUT2D eigenvalue weighted by Crippen LogP contribution is 2.28. The fourth-order valence-corrected chi connectivity index (χ4v) is 2.54. The minimum absolute atomic E-state index is 0.0695. The number of benzene rings is 2. The molecule has 2 atom stereocenters. The SMILES string of the molecule is CC(C)(C)NCC(O)c1ccc(O)c(O)c1.CC(C)(C)NCC(O)c1ccc(O)c(O)c1.O=S(=O)(O)O. The van der Waals surface area contributed by atoms with Gasteiger partial charge in [-0.25, -0.2) is 0 Å². The summed E-state index contributed by atoms with van der Waals surface area (Å²) in [6.07, 6.45) is -1.41. The van der Waals surface area contributed by atoms with E-state index in [-0.39, 0.29) is 34.1 Å². The molecular formula is C24H40N2O10S. The summed E-state index contributed by atoms with van der Waals surface area (Å²) < 4.78 is 31.6. The van der Waals surface area contributed by atoms with E-state index in [1.54, 1.807) is 12.1 Å². The monoisotopic (exact) mass is 548 g/mol. The lowest BCUT2D eigenvalue weighted by molar-refractivity contribution is 0.163. The molecule has 0 saturated carbocycles. The van der Waals surface area contributed by atoms with E-state index in [9.17, 15) is 20.4 Å². The number of nitrogens with one attached hydrogen (secondary N) is 2. The van der Waals surface area contributed by atoms with Crippen LogP contribution in [0.25, 0.3) is 0 Å². The van der Waals surface area contributed by atoms with Gasteiger partial charge in [0, 0.05) is 24.2 Å². The number of phenols is 4. The Morgan fingerprint density at radius 1 is 0.649 bits per heavy atom. The third-order valence-electron chi connectivity index (χ3n) is 4.42. The van der Waals surface area contributed by atoms with Gasteiger partial charge in [-0.05, 0) is 76.9 Å². The molecule has 212 valence electrons. The zero-order valence-corrected chi connectivity index (χ0v) is 22.7. The van der Waals surface area contributed by atoms with E-state index in [0.29, 0.717) is 24.2 Å². The molecule has 0 aliphatic rings. The van der Waals surface area contributed by atoms with Crippen molar-refractivity contribution in [2.75, 3.05) is 13.1 Å². The molecule has 0 radical (unpaired) electrons. The van der Waals surface area contributed by atoms with Crippen molar-refractivity contribution in [2.24, 2.45) is 0 Å². The normalized spacial score (nSPS) is 13.5. The van der Waals surface area contributed by atoms with Crippen molar-refractivity contribution in [3.63, 3.8) is 0 Å². The zero-order chi connectivity index (χ0) is 29.2. The van der Waals surface area contributed by atoms with Gasteiger partial charge in [-0.1, -0.05) is 12.1 Å². The van der Waals surface area contributed by atoms with Crippen molar-refractivity contribution < 1.29 is 48.2 Å². The second-order valence-electron chi connectivity index (χ2n) is 10.2. The lowest BCUT2D eigenvalue weighted by Gasteiger charge is -2.23. The Morgan fingerprint density at radius 3 is 1.14 bits per heavy atom. The molecule has 2 aromatic carbocycles. The van der Waals surface area contributed by atoms with Gasteiger partial charge in [-0.15, -0.1) is 0 Å². The summed E-state index contributed by atoms with van der Waals surface area (Å²) in [5.74, 6) is -0.793. The molecule has 37 heavy (non-hydrogen) atoms. The molecule has 0 saturated heterocycles. The van der Waals surface area contributed by atoms with Gasteiger partial charge >= 0.3 is 10.4 Å². The van der Waals surface area contributed by atoms with E-state index in [1.165, 1.54) is 24.3 Å². The Bertz CT molecular complexity index is 1000. The van der Waals surface area contributed by atoms with Crippen molar-refractivity contribution in [3.05, 3.63) is 47.5 Å². The van der Waals surface area contributed by atoms with Crippen molar-refractivity contribution in [2.45, 2.75) is 64.8 Å². The Kier molecular flexibility index (Phi) is 13.3. The molecule has 0 bridgehead atoms. The van der Waals surface area contributed by atoms with Gasteiger partial charge in [0.25, 0.3) is 0 Å². The smallest absolute Gasteiger partial charge is 0.394 e. The first-order chi connectivity index (χ1) is 16.6. The Balaban J connectivity index is 0.000000594. The first kappa shape index (κ1) is 34.4. The highest BCUT2D eigenvalue weighted by Gasteiger charge is 2.15. The molecule has 13 heteroatoms. The molecule has 2 unspecified atom stereocenters. The fourth-order valence-electron chi connectivity index (χ4n) is 2.54. The van der Waals surface area contributed by atoms with Crippen molar-refractivity contribution in [1.29, 1.82) is 0 Å². The van der Waals surface area contributed by atoms with E-state index in [4.69, 9.17) is 27.7 Å². The maximum Gasteiger partial charge on any atom is 0.394 e. The predicted molar refractivity (Wildman–Crippen MR) is 139 cm³/mol. The average Bonchev–Trinajstić information content (AvgIpc) is 2.72. The largest absolute Gasteiger partial charge is 0.504 e. The van der Waals surface area contributed by atoms with Crippen LogP contribution < -0.4 is 10.6 Å². The van der Waals surface area contributed by atoms with Gasteiger partial charge in [-0.2, -0.15) is 8.42 Å². The van der Waals surface area contributed by atoms with E-state index >= 15 is 0 Å². The van der Waals surface area contributed by atoms with Crippen LogP contribution in [0.3, 0.4) is 0 Å². The third kappa shape index (κ3) is 17.4. The highest BCUT2D eigenvalue weighted by atomic mass is 32.3. The average molecular weight is 549 g/mol. The summed E-state index contributed by atoms with van der Waals surface area (Å²) in [5.41, 5.74) is 1.01. The number of β-amino-alcohol motifs (C(OH)–C–C–N with tert-alkyl or cyclic N) is 2. The number of aromatic hydroxyl groups is 4. The van der Waals surface area contributed by atoms with E-state index in [2.05, 4.69) is 10.6 Å². The zero-order valence-electron chi connectivity index (χ0n) is 21.8. The summed E-state index contributed by atoms with van der Waals surface area (Å²) in [6, 6.07) is 8.64. The molecule has 2 rings (SSSR count). The number of aliphatic hydroxyl groups is 2. The maximum atomic E-state index is 9.84. The van der Waals surface area contributed by atoms with Crippen LogP contribution in [0.4, 0.5) is 0 Å². The summed E-state index contributed by atoms with van der Waals surface area (Å²) in [6.45, 7) is 12.8.